The number of hydrogen-bond acceptors (Lipinski definition) is 4. The lowest BCUT2D eigenvalue weighted by molar-refractivity contribution is 0.463. The lowest BCUT2D eigenvalue weighted by atomic mass is 9.77. The van der Waals surface area contributed by atoms with Gasteiger partial charge in [0.15, 0.2) is 0 Å². The largest absolute Gasteiger partial charge is 0.430 e. The molecule has 4 nitrogen and oxygen atoms in total. The van der Waals surface area contributed by atoms with Gasteiger partial charge in [-0.1, -0.05) is 78.3 Å². The van der Waals surface area contributed by atoms with E-state index in [4.69, 9.17) is 26.1 Å². The summed E-state index contributed by atoms with van der Waals surface area (Å²) in [5, 5.41) is 7.74. The monoisotopic (exact) mass is 425 g/mol. The molecule has 5 heteroatoms. The van der Waals surface area contributed by atoms with Crippen LogP contribution in [-0.4, -0.2) is 10.7 Å². The Labute approximate surface area is 185 Å². The molecule has 0 saturated carbocycles. The predicted molar refractivity (Wildman–Crippen MR) is 123 cm³/mol. The second-order valence-corrected chi connectivity index (χ2v) is 8.45. The van der Waals surface area contributed by atoms with Gasteiger partial charge in [0, 0.05) is 22.1 Å². The van der Waals surface area contributed by atoms with Crippen LogP contribution in [0, 0.1) is 5.92 Å². The summed E-state index contributed by atoms with van der Waals surface area (Å²) in [6, 6.07) is 27.3. The Morgan fingerprint density at radius 1 is 0.903 bits per heavy atom. The van der Waals surface area contributed by atoms with Crippen molar-refractivity contribution in [2.24, 2.45) is 11.0 Å². The van der Waals surface area contributed by atoms with Crippen molar-refractivity contribution >= 4 is 23.3 Å². The second-order valence-electron chi connectivity index (χ2n) is 8.01. The van der Waals surface area contributed by atoms with E-state index in [-0.39, 0.29) is 6.04 Å². The molecule has 0 saturated heterocycles. The minimum absolute atomic E-state index is 0.0567. The van der Waals surface area contributed by atoms with E-state index in [0.717, 1.165) is 29.8 Å². The van der Waals surface area contributed by atoms with E-state index in [1.165, 1.54) is 16.7 Å². The molecule has 0 unspecified atom stereocenters. The van der Waals surface area contributed by atoms with Crippen molar-refractivity contribution in [3.63, 3.8) is 0 Å². The summed E-state index contributed by atoms with van der Waals surface area (Å²) >= 11 is 6.04. The summed E-state index contributed by atoms with van der Waals surface area (Å²) in [4.78, 5) is 4.79. The number of benzene rings is 3. The molecule has 0 bridgehead atoms. The highest BCUT2D eigenvalue weighted by Crippen LogP contribution is 2.45. The van der Waals surface area contributed by atoms with Crippen LogP contribution in [0.25, 0.3) is 11.3 Å². The highest BCUT2D eigenvalue weighted by atomic mass is 35.5. The van der Waals surface area contributed by atoms with Gasteiger partial charge in [0.05, 0.1) is 11.8 Å². The highest BCUT2D eigenvalue weighted by molar-refractivity contribution is 6.30. The van der Waals surface area contributed by atoms with Crippen molar-refractivity contribution in [3.05, 3.63) is 107 Å². The van der Waals surface area contributed by atoms with Gasteiger partial charge in [-0.25, -0.2) is 5.01 Å². The number of nitrogens with zero attached hydrogens (tertiary/aromatic N) is 3. The first kappa shape index (κ1) is 18.4. The molecule has 0 fully saturated rings. The Bertz CT molecular complexity index is 1260. The molecule has 1 aliphatic carbocycles. The summed E-state index contributed by atoms with van der Waals surface area (Å²) in [6.45, 7) is 0. The smallest absolute Gasteiger partial charge is 0.319 e. The summed E-state index contributed by atoms with van der Waals surface area (Å²) in [5.74, 6) is 0.295. The number of hydrazone groups is 1. The first-order valence-electron chi connectivity index (χ1n) is 10.5. The second kappa shape index (κ2) is 7.40. The molecule has 1 aliphatic heterocycles. The average molecular weight is 426 g/mol. The van der Waals surface area contributed by atoms with Gasteiger partial charge >= 0.3 is 6.01 Å². The molecule has 2 heterocycles. The maximum atomic E-state index is 6.04. The zero-order valence-corrected chi connectivity index (χ0v) is 17.5. The number of hydrogen-bond donors (Lipinski definition) is 0. The molecule has 1 aromatic heterocycles. The third-order valence-corrected chi connectivity index (χ3v) is 6.45. The van der Waals surface area contributed by atoms with Crippen LogP contribution in [0.1, 0.15) is 29.2 Å². The number of halogens is 1. The normalized spacial score (nSPS) is 19.6. The summed E-state index contributed by atoms with van der Waals surface area (Å²) in [7, 11) is 0. The van der Waals surface area contributed by atoms with Gasteiger partial charge < -0.3 is 4.42 Å². The maximum absolute atomic E-state index is 6.04. The predicted octanol–water partition coefficient (Wildman–Crippen LogP) is 6.52. The Balaban J connectivity index is 1.44. The van der Waals surface area contributed by atoms with Gasteiger partial charge in [-0.15, -0.1) is 0 Å². The van der Waals surface area contributed by atoms with Crippen LogP contribution in [0.2, 0.25) is 5.02 Å². The number of anilines is 1. The van der Waals surface area contributed by atoms with E-state index >= 15 is 0 Å². The fourth-order valence-electron chi connectivity index (χ4n) is 4.73. The van der Waals surface area contributed by atoms with E-state index < -0.39 is 0 Å². The van der Waals surface area contributed by atoms with Crippen molar-refractivity contribution in [3.8, 4) is 11.3 Å². The van der Waals surface area contributed by atoms with Gasteiger partial charge in [0.25, 0.3) is 0 Å². The zero-order valence-electron chi connectivity index (χ0n) is 16.8. The lowest BCUT2D eigenvalue weighted by Gasteiger charge is -2.29. The van der Waals surface area contributed by atoms with Crippen molar-refractivity contribution < 1.29 is 4.42 Å². The van der Waals surface area contributed by atoms with Crippen LogP contribution in [-0.2, 0) is 6.42 Å². The molecule has 3 aromatic carbocycles. The molecule has 0 amide bonds. The van der Waals surface area contributed by atoms with Gasteiger partial charge in [-0.05, 0) is 36.1 Å². The fourth-order valence-corrected chi connectivity index (χ4v) is 4.85. The van der Waals surface area contributed by atoms with E-state index in [1.54, 1.807) is 6.26 Å². The van der Waals surface area contributed by atoms with E-state index in [0.29, 0.717) is 17.0 Å². The van der Waals surface area contributed by atoms with E-state index in [2.05, 4.69) is 48.5 Å². The van der Waals surface area contributed by atoms with Crippen molar-refractivity contribution in [1.82, 2.24) is 4.98 Å². The van der Waals surface area contributed by atoms with Crippen LogP contribution < -0.4 is 5.01 Å². The Hall–Kier alpha value is -3.37. The SMILES string of the molecule is Clc1ccc(-c2coc(N3N=C4c5ccccc5CC[C@@H]4[C@H]3c3ccccc3)n2)cc1. The molecule has 2 aliphatic rings. The Morgan fingerprint density at radius 3 is 2.52 bits per heavy atom. The lowest BCUT2D eigenvalue weighted by Crippen LogP contribution is -2.28. The minimum atomic E-state index is 0.0567. The van der Waals surface area contributed by atoms with Crippen molar-refractivity contribution in [2.45, 2.75) is 18.9 Å². The van der Waals surface area contributed by atoms with Crippen LogP contribution >= 0.6 is 11.6 Å². The number of rotatable bonds is 3. The van der Waals surface area contributed by atoms with Gasteiger partial charge in [0.1, 0.15) is 12.0 Å². The van der Waals surface area contributed by atoms with Crippen molar-refractivity contribution in [1.29, 1.82) is 0 Å². The Morgan fingerprint density at radius 2 is 1.68 bits per heavy atom. The van der Waals surface area contributed by atoms with Crippen LogP contribution in [0.3, 0.4) is 0 Å². The van der Waals surface area contributed by atoms with Gasteiger partial charge in [-0.2, -0.15) is 10.1 Å². The van der Waals surface area contributed by atoms with Crippen LogP contribution in [0.5, 0.6) is 0 Å². The Kier molecular flexibility index (Phi) is 4.39. The topological polar surface area (TPSA) is 41.6 Å². The number of fused-ring (bicyclic) bond motifs is 3. The van der Waals surface area contributed by atoms with Gasteiger partial charge in [-0.3, -0.25) is 0 Å². The number of aryl methyl sites for hydroxylation is 1. The molecule has 0 N–H and O–H groups in total. The molecule has 0 spiro atoms. The van der Waals surface area contributed by atoms with Crippen LogP contribution in [0.4, 0.5) is 6.01 Å². The molecule has 0 radical (unpaired) electrons. The first-order valence-corrected chi connectivity index (χ1v) is 10.9. The highest BCUT2D eigenvalue weighted by Gasteiger charge is 2.43. The minimum Gasteiger partial charge on any atom is -0.430 e. The summed E-state index contributed by atoms with van der Waals surface area (Å²) < 4.78 is 5.95. The third-order valence-electron chi connectivity index (χ3n) is 6.20. The first-order chi connectivity index (χ1) is 15.3. The maximum Gasteiger partial charge on any atom is 0.319 e. The molecular weight excluding hydrogens is 406 g/mol. The average Bonchev–Trinajstić information content (AvgIpc) is 3.45. The van der Waals surface area contributed by atoms with Crippen LogP contribution in [0.15, 0.2) is 94.6 Å². The molecular formula is C26H20ClN3O. The van der Waals surface area contributed by atoms with Gasteiger partial charge in [0.2, 0.25) is 0 Å². The molecule has 152 valence electrons. The van der Waals surface area contributed by atoms with Crippen molar-refractivity contribution in [2.75, 3.05) is 5.01 Å². The molecule has 31 heavy (non-hydrogen) atoms. The molecule has 4 aromatic rings. The number of aromatic nitrogens is 1. The molecule has 6 rings (SSSR count). The van der Waals surface area contributed by atoms with E-state index in [1.807, 2.05) is 35.3 Å². The summed E-state index contributed by atoms with van der Waals surface area (Å²) in [5.41, 5.74) is 6.69. The summed E-state index contributed by atoms with van der Waals surface area (Å²) in [6.07, 6.45) is 3.80. The molecule has 2 atom stereocenters. The quantitative estimate of drug-likeness (QED) is 0.375. The zero-order chi connectivity index (χ0) is 20.8. The standard InChI is InChI=1S/C26H20ClN3O/c27-20-13-10-18(11-14-20)23-16-31-26(28-23)30-25(19-7-2-1-3-8-19)22-15-12-17-6-4-5-9-21(17)24(22)29-30/h1-11,13-14,16,22,25H,12,15H2/t22-,25+/m0/s1. The van der Waals surface area contributed by atoms with E-state index in [9.17, 15) is 0 Å². The fraction of sp³-hybridized carbons (Fsp3) is 0.154. The third kappa shape index (κ3) is 3.15. The number of oxazole rings is 1.